The van der Waals surface area contributed by atoms with Crippen LogP contribution in [-0.2, 0) is 11.2 Å². The van der Waals surface area contributed by atoms with Gasteiger partial charge in [-0.15, -0.1) is 0 Å². The smallest absolute Gasteiger partial charge is 0.410 e. The van der Waals surface area contributed by atoms with Crippen molar-refractivity contribution in [3.05, 3.63) is 84.3 Å². The van der Waals surface area contributed by atoms with Gasteiger partial charge >= 0.3 is 6.09 Å². The summed E-state index contributed by atoms with van der Waals surface area (Å²) in [5.74, 6) is -0.0359. The fourth-order valence-electron chi connectivity index (χ4n) is 6.01. The second-order valence-electron chi connectivity index (χ2n) is 12.5. The molecule has 44 heavy (non-hydrogen) atoms. The maximum Gasteiger partial charge on any atom is 0.410 e. The van der Waals surface area contributed by atoms with Gasteiger partial charge in [-0.2, -0.15) is 0 Å². The van der Waals surface area contributed by atoms with Crippen molar-refractivity contribution in [1.29, 1.82) is 0 Å². The third kappa shape index (κ3) is 5.53. The first kappa shape index (κ1) is 27.8. The number of hydrogen-bond acceptors (Lipinski definition) is 5. The quantitative estimate of drug-likeness (QED) is 0.231. The third-order valence-corrected chi connectivity index (χ3v) is 8.27. The molecule has 3 N–H and O–H groups in total. The number of nitrogens with zero attached hydrogens (tertiary/aromatic N) is 3. The number of aromatic nitrogens is 3. The lowest BCUT2D eigenvalue weighted by Gasteiger charge is -2.37. The van der Waals surface area contributed by atoms with Gasteiger partial charge in [-0.25, -0.2) is 4.79 Å². The zero-order valence-electron chi connectivity index (χ0n) is 25.2. The zero-order valence-corrected chi connectivity index (χ0v) is 25.2. The van der Waals surface area contributed by atoms with Crippen LogP contribution in [0, 0.1) is 0 Å². The predicted molar refractivity (Wildman–Crippen MR) is 173 cm³/mol. The maximum atomic E-state index is 12.7. The average molecular weight is 589 g/mol. The molecule has 2 aliphatic heterocycles. The number of piperazine rings is 1. The van der Waals surface area contributed by atoms with Crippen molar-refractivity contribution in [1.82, 2.24) is 25.2 Å². The Morgan fingerprint density at radius 1 is 0.886 bits per heavy atom. The van der Waals surface area contributed by atoms with E-state index >= 15 is 0 Å². The molecular formula is C35H36N6O3. The molecule has 2 aliphatic rings. The van der Waals surface area contributed by atoms with Gasteiger partial charge in [0, 0.05) is 85.3 Å². The fourth-order valence-corrected chi connectivity index (χ4v) is 6.01. The number of carbonyl (C=O) groups excluding carboxylic acids is 2. The van der Waals surface area contributed by atoms with Crippen molar-refractivity contribution in [2.75, 3.05) is 37.6 Å². The highest BCUT2D eigenvalue weighted by molar-refractivity contribution is 5.98. The molecule has 0 aliphatic carbocycles. The van der Waals surface area contributed by atoms with Crippen LogP contribution in [0.4, 0.5) is 10.5 Å². The van der Waals surface area contributed by atoms with Crippen LogP contribution in [0.2, 0.25) is 0 Å². The molecule has 224 valence electrons. The molecule has 9 heteroatoms. The molecule has 5 aromatic rings. The first-order valence-electron chi connectivity index (χ1n) is 15.1. The van der Waals surface area contributed by atoms with Gasteiger partial charge in [0.2, 0.25) is 0 Å². The Labute approximate surface area is 256 Å². The first-order valence-corrected chi connectivity index (χ1v) is 15.1. The minimum absolute atomic E-state index is 0.0359. The van der Waals surface area contributed by atoms with E-state index in [2.05, 4.69) is 68.7 Å². The van der Waals surface area contributed by atoms with Gasteiger partial charge in [-0.1, -0.05) is 12.1 Å². The molecular weight excluding hydrogens is 552 g/mol. The summed E-state index contributed by atoms with van der Waals surface area (Å²) in [6.45, 7) is 8.88. The molecule has 5 heterocycles. The number of benzene rings is 2. The van der Waals surface area contributed by atoms with Crippen molar-refractivity contribution in [2.45, 2.75) is 32.8 Å². The Hall–Kier alpha value is -5.05. The molecule has 1 saturated heterocycles. The first-order chi connectivity index (χ1) is 21.2. The Morgan fingerprint density at radius 3 is 2.50 bits per heavy atom. The highest BCUT2D eigenvalue weighted by atomic mass is 16.6. The Kier molecular flexibility index (Phi) is 6.88. The number of nitrogens with one attached hydrogen (secondary N) is 3. The Balaban J connectivity index is 1.24. The van der Waals surface area contributed by atoms with Crippen molar-refractivity contribution in [3.8, 4) is 33.6 Å². The maximum absolute atomic E-state index is 12.7. The number of fused-ring (bicyclic) bond motifs is 2. The number of anilines is 1. The molecule has 0 saturated carbocycles. The zero-order chi connectivity index (χ0) is 30.4. The van der Waals surface area contributed by atoms with Crippen LogP contribution < -0.4 is 10.2 Å². The standard InChI is InChI=1S/C35H36N6O3/c1-35(2,3)44-34(43)41-14-12-40(13-15-41)27-17-25(23-5-4-22-6-9-36-30(22)19-23)16-26(18-27)31-20-24(7-10-37-31)32-21-28-29(39-32)8-11-38-33(28)42/h4-7,9-10,16-21,36,39H,8,11-15H2,1-3H3,(H,38,42). The van der Waals surface area contributed by atoms with E-state index in [9.17, 15) is 9.59 Å². The van der Waals surface area contributed by atoms with Crippen LogP contribution in [0.1, 0.15) is 36.8 Å². The van der Waals surface area contributed by atoms with E-state index in [1.165, 1.54) is 5.39 Å². The second kappa shape index (κ2) is 10.9. The molecule has 9 nitrogen and oxygen atoms in total. The largest absolute Gasteiger partial charge is 0.444 e. The number of H-pyrrole nitrogens is 2. The predicted octanol–water partition coefficient (Wildman–Crippen LogP) is 6.24. The molecule has 3 aromatic heterocycles. The van der Waals surface area contributed by atoms with E-state index in [-0.39, 0.29) is 12.0 Å². The molecule has 7 rings (SSSR count). The van der Waals surface area contributed by atoms with Gasteiger partial charge in [0.25, 0.3) is 5.91 Å². The summed E-state index contributed by atoms with van der Waals surface area (Å²) in [5, 5.41) is 4.09. The third-order valence-electron chi connectivity index (χ3n) is 8.27. The van der Waals surface area contributed by atoms with E-state index in [0.717, 1.165) is 57.0 Å². The summed E-state index contributed by atoms with van der Waals surface area (Å²) >= 11 is 0. The van der Waals surface area contributed by atoms with Crippen LogP contribution in [-0.4, -0.2) is 70.2 Å². The van der Waals surface area contributed by atoms with Gasteiger partial charge in [0.15, 0.2) is 0 Å². The summed E-state index contributed by atoms with van der Waals surface area (Å²) < 4.78 is 5.61. The molecule has 2 amide bonds. The van der Waals surface area contributed by atoms with Crippen molar-refractivity contribution in [3.63, 3.8) is 0 Å². The lowest BCUT2D eigenvalue weighted by molar-refractivity contribution is 0.0240. The van der Waals surface area contributed by atoms with Crippen LogP contribution in [0.5, 0.6) is 0 Å². The minimum Gasteiger partial charge on any atom is -0.444 e. The number of aromatic amines is 2. The number of ether oxygens (including phenoxy) is 1. The summed E-state index contributed by atoms with van der Waals surface area (Å²) in [4.78, 5) is 40.8. The summed E-state index contributed by atoms with van der Waals surface area (Å²) in [6, 6.07) is 21.1. The Morgan fingerprint density at radius 2 is 1.70 bits per heavy atom. The van der Waals surface area contributed by atoms with Crippen LogP contribution >= 0.6 is 0 Å². The monoisotopic (exact) mass is 588 g/mol. The van der Waals surface area contributed by atoms with Crippen LogP contribution in [0.3, 0.4) is 0 Å². The molecule has 0 bridgehead atoms. The normalized spacial score (nSPS) is 15.3. The van der Waals surface area contributed by atoms with Gasteiger partial charge in [0.05, 0.1) is 11.3 Å². The number of hydrogen-bond donors (Lipinski definition) is 3. The van der Waals surface area contributed by atoms with Gasteiger partial charge < -0.3 is 29.8 Å². The molecule has 2 aromatic carbocycles. The number of carbonyl (C=O) groups is 2. The second-order valence-corrected chi connectivity index (χ2v) is 12.5. The minimum atomic E-state index is -0.523. The summed E-state index contributed by atoms with van der Waals surface area (Å²) in [6.07, 6.45) is 4.30. The number of rotatable bonds is 4. The van der Waals surface area contributed by atoms with E-state index in [4.69, 9.17) is 9.72 Å². The van der Waals surface area contributed by atoms with E-state index in [0.29, 0.717) is 38.3 Å². The Bertz CT molecular complexity index is 1870. The molecule has 0 atom stereocenters. The topological polar surface area (TPSA) is 106 Å². The van der Waals surface area contributed by atoms with Crippen molar-refractivity contribution >= 4 is 28.6 Å². The van der Waals surface area contributed by atoms with Crippen LogP contribution in [0.25, 0.3) is 44.5 Å². The van der Waals surface area contributed by atoms with E-state index in [1.807, 2.05) is 45.3 Å². The fraction of sp³-hybridized carbons (Fsp3) is 0.286. The van der Waals surface area contributed by atoms with Gasteiger partial charge in [0.1, 0.15) is 5.60 Å². The van der Waals surface area contributed by atoms with Crippen molar-refractivity contribution in [2.24, 2.45) is 0 Å². The molecule has 0 unspecified atom stereocenters. The number of amides is 2. The average Bonchev–Trinajstić information content (AvgIpc) is 3.68. The van der Waals surface area contributed by atoms with E-state index in [1.54, 1.807) is 4.90 Å². The highest BCUT2D eigenvalue weighted by Crippen LogP contribution is 2.35. The lowest BCUT2D eigenvalue weighted by Crippen LogP contribution is -2.50. The van der Waals surface area contributed by atoms with Gasteiger partial charge in [-0.05, 0) is 85.8 Å². The van der Waals surface area contributed by atoms with Crippen LogP contribution in [0.15, 0.2) is 73.1 Å². The van der Waals surface area contributed by atoms with E-state index < -0.39 is 5.60 Å². The highest BCUT2D eigenvalue weighted by Gasteiger charge is 2.27. The molecule has 1 fully saturated rings. The lowest BCUT2D eigenvalue weighted by atomic mass is 9.98. The van der Waals surface area contributed by atoms with Gasteiger partial charge in [-0.3, -0.25) is 9.78 Å². The molecule has 0 spiro atoms. The SMILES string of the molecule is CC(C)(C)OC(=O)N1CCN(c2cc(-c3ccc4cc[nH]c4c3)cc(-c3cc(-c4cc5c([nH]4)CCNC5=O)ccn3)c2)CC1. The summed E-state index contributed by atoms with van der Waals surface area (Å²) in [7, 11) is 0. The molecule has 0 radical (unpaired) electrons. The van der Waals surface area contributed by atoms with Crippen molar-refractivity contribution < 1.29 is 14.3 Å². The number of pyridine rings is 1. The summed E-state index contributed by atoms with van der Waals surface area (Å²) in [5.41, 5.74) is 9.22.